The fourth-order valence-corrected chi connectivity index (χ4v) is 1.41. The van der Waals surface area contributed by atoms with Crippen molar-refractivity contribution in [1.82, 2.24) is 5.32 Å². The molecule has 0 saturated heterocycles. The van der Waals surface area contributed by atoms with E-state index in [1.807, 2.05) is 0 Å². The molecule has 0 aliphatic rings. The van der Waals surface area contributed by atoms with Gasteiger partial charge in [-0.3, -0.25) is 4.79 Å². The Hall–Kier alpha value is -1.23. The van der Waals surface area contributed by atoms with Crippen LogP contribution in [0.5, 0.6) is 0 Å². The van der Waals surface area contributed by atoms with Gasteiger partial charge in [-0.05, 0) is 30.2 Å². The first-order valence-electron chi connectivity index (χ1n) is 5.03. The zero-order valence-corrected chi connectivity index (χ0v) is 10.7. The SMILES string of the molecule is C=C(Br)CNC(=O)CCc1cc(F)ccc1F. The predicted molar refractivity (Wildman–Crippen MR) is 65.8 cm³/mol. The van der Waals surface area contributed by atoms with Crippen LogP contribution in [0, 0.1) is 11.6 Å². The maximum Gasteiger partial charge on any atom is 0.220 e. The summed E-state index contributed by atoms with van der Waals surface area (Å²) in [6.45, 7) is 3.89. The molecule has 0 heterocycles. The summed E-state index contributed by atoms with van der Waals surface area (Å²) in [5, 5.41) is 2.58. The van der Waals surface area contributed by atoms with Gasteiger partial charge in [-0.2, -0.15) is 0 Å². The Kier molecular flexibility index (Phi) is 5.28. The van der Waals surface area contributed by atoms with E-state index in [1.165, 1.54) is 0 Å². The van der Waals surface area contributed by atoms with E-state index in [1.54, 1.807) is 0 Å². The third-order valence-corrected chi connectivity index (χ3v) is 2.39. The van der Waals surface area contributed by atoms with Crippen LogP contribution in [-0.2, 0) is 11.2 Å². The second kappa shape index (κ2) is 6.49. The van der Waals surface area contributed by atoms with E-state index in [0.29, 0.717) is 11.0 Å². The standard InChI is InChI=1S/C12H12BrF2NO/c1-8(13)7-16-12(17)5-2-9-6-10(14)3-4-11(9)15/h3-4,6H,1-2,5,7H2,(H,16,17). The van der Waals surface area contributed by atoms with Crippen LogP contribution in [-0.4, -0.2) is 12.5 Å². The fraction of sp³-hybridized carbons (Fsp3) is 0.250. The van der Waals surface area contributed by atoms with Crippen molar-refractivity contribution in [2.24, 2.45) is 0 Å². The van der Waals surface area contributed by atoms with E-state index in [4.69, 9.17) is 0 Å². The zero-order chi connectivity index (χ0) is 12.8. The van der Waals surface area contributed by atoms with Gasteiger partial charge in [-0.15, -0.1) is 0 Å². The molecule has 1 rings (SSSR count). The molecule has 5 heteroatoms. The number of aryl methyl sites for hydroxylation is 1. The summed E-state index contributed by atoms with van der Waals surface area (Å²) in [6, 6.07) is 3.21. The molecule has 0 spiro atoms. The molecular formula is C12H12BrF2NO. The summed E-state index contributed by atoms with van der Waals surface area (Å²) in [7, 11) is 0. The first-order chi connectivity index (χ1) is 7.99. The molecule has 0 unspecified atom stereocenters. The molecule has 0 saturated carbocycles. The van der Waals surface area contributed by atoms with Crippen LogP contribution in [0.2, 0.25) is 0 Å². The van der Waals surface area contributed by atoms with Gasteiger partial charge in [0.15, 0.2) is 0 Å². The third-order valence-electron chi connectivity index (χ3n) is 2.11. The van der Waals surface area contributed by atoms with Gasteiger partial charge in [0.1, 0.15) is 11.6 Å². The van der Waals surface area contributed by atoms with Crippen LogP contribution in [0.15, 0.2) is 29.3 Å². The van der Waals surface area contributed by atoms with Crippen molar-refractivity contribution in [3.8, 4) is 0 Å². The lowest BCUT2D eigenvalue weighted by atomic mass is 10.1. The van der Waals surface area contributed by atoms with Crippen LogP contribution in [0.1, 0.15) is 12.0 Å². The molecule has 1 aromatic carbocycles. The highest BCUT2D eigenvalue weighted by Gasteiger charge is 2.07. The van der Waals surface area contributed by atoms with Gasteiger partial charge in [0.2, 0.25) is 5.91 Å². The summed E-state index contributed by atoms with van der Waals surface area (Å²) in [5.41, 5.74) is 0.206. The Bertz CT molecular complexity index is 435. The summed E-state index contributed by atoms with van der Waals surface area (Å²) >= 11 is 3.10. The topological polar surface area (TPSA) is 29.1 Å². The van der Waals surface area contributed by atoms with Crippen molar-refractivity contribution in [2.45, 2.75) is 12.8 Å². The van der Waals surface area contributed by atoms with E-state index < -0.39 is 11.6 Å². The Morgan fingerprint density at radius 1 is 1.41 bits per heavy atom. The molecule has 1 N–H and O–H groups in total. The van der Waals surface area contributed by atoms with Gasteiger partial charge >= 0.3 is 0 Å². The number of amides is 1. The highest BCUT2D eigenvalue weighted by Crippen LogP contribution is 2.11. The van der Waals surface area contributed by atoms with E-state index in [-0.39, 0.29) is 24.3 Å². The van der Waals surface area contributed by atoms with E-state index in [9.17, 15) is 13.6 Å². The van der Waals surface area contributed by atoms with Gasteiger partial charge < -0.3 is 5.32 Å². The molecular weight excluding hydrogens is 292 g/mol. The smallest absolute Gasteiger partial charge is 0.220 e. The van der Waals surface area contributed by atoms with Crippen molar-refractivity contribution in [2.75, 3.05) is 6.54 Å². The number of hydrogen-bond acceptors (Lipinski definition) is 1. The molecule has 0 aromatic heterocycles. The van der Waals surface area contributed by atoms with Crippen molar-refractivity contribution in [1.29, 1.82) is 0 Å². The zero-order valence-electron chi connectivity index (χ0n) is 9.10. The van der Waals surface area contributed by atoms with E-state index >= 15 is 0 Å². The Labute approximate surface area is 107 Å². The largest absolute Gasteiger partial charge is 0.352 e. The van der Waals surface area contributed by atoms with Gasteiger partial charge in [0.05, 0.1) is 0 Å². The number of halogens is 3. The average molecular weight is 304 g/mol. The summed E-state index contributed by atoms with van der Waals surface area (Å²) < 4.78 is 26.7. The quantitative estimate of drug-likeness (QED) is 0.890. The third kappa shape index (κ3) is 5.08. The molecule has 17 heavy (non-hydrogen) atoms. The molecule has 0 aliphatic heterocycles. The van der Waals surface area contributed by atoms with Gasteiger partial charge in [0, 0.05) is 17.4 Å². The Morgan fingerprint density at radius 2 is 2.12 bits per heavy atom. The fourth-order valence-electron chi connectivity index (χ4n) is 1.27. The summed E-state index contributed by atoms with van der Waals surface area (Å²) in [4.78, 5) is 11.3. The second-order valence-electron chi connectivity index (χ2n) is 3.53. The number of carbonyl (C=O) groups excluding carboxylic acids is 1. The van der Waals surface area contributed by atoms with Crippen LogP contribution < -0.4 is 5.32 Å². The average Bonchev–Trinajstić information content (AvgIpc) is 2.27. The highest BCUT2D eigenvalue weighted by atomic mass is 79.9. The molecule has 0 fully saturated rings. The number of hydrogen-bond donors (Lipinski definition) is 1. The molecule has 92 valence electrons. The van der Waals surface area contributed by atoms with E-state index in [2.05, 4.69) is 27.8 Å². The lowest BCUT2D eigenvalue weighted by Gasteiger charge is -2.05. The molecule has 0 radical (unpaired) electrons. The second-order valence-corrected chi connectivity index (χ2v) is 4.65. The minimum atomic E-state index is -0.504. The van der Waals surface area contributed by atoms with Crippen LogP contribution in [0.25, 0.3) is 0 Å². The minimum Gasteiger partial charge on any atom is -0.352 e. The van der Waals surface area contributed by atoms with Crippen LogP contribution in [0.3, 0.4) is 0 Å². The lowest BCUT2D eigenvalue weighted by Crippen LogP contribution is -2.24. The number of rotatable bonds is 5. The van der Waals surface area contributed by atoms with Crippen LogP contribution >= 0.6 is 15.9 Å². The number of nitrogens with one attached hydrogen (secondary N) is 1. The lowest BCUT2D eigenvalue weighted by molar-refractivity contribution is -0.120. The maximum absolute atomic E-state index is 13.2. The minimum absolute atomic E-state index is 0.112. The molecule has 0 atom stereocenters. The Balaban J connectivity index is 2.47. The van der Waals surface area contributed by atoms with Crippen molar-refractivity contribution >= 4 is 21.8 Å². The monoisotopic (exact) mass is 303 g/mol. The molecule has 0 bridgehead atoms. The summed E-state index contributed by atoms with van der Waals surface area (Å²) in [5.74, 6) is -1.23. The maximum atomic E-state index is 13.2. The van der Waals surface area contributed by atoms with Gasteiger partial charge in [-0.1, -0.05) is 22.5 Å². The normalized spacial score (nSPS) is 10.1. The molecule has 0 aliphatic carbocycles. The van der Waals surface area contributed by atoms with E-state index in [0.717, 1.165) is 18.2 Å². The Morgan fingerprint density at radius 3 is 2.76 bits per heavy atom. The van der Waals surface area contributed by atoms with Crippen LogP contribution in [0.4, 0.5) is 8.78 Å². The number of benzene rings is 1. The molecule has 2 nitrogen and oxygen atoms in total. The van der Waals surface area contributed by atoms with Crippen molar-refractivity contribution in [3.63, 3.8) is 0 Å². The highest BCUT2D eigenvalue weighted by molar-refractivity contribution is 9.11. The van der Waals surface area contributed by atoms with Gasteiger partial charge in [-0.25, -0.2) is 8.78 Å². The van der Waals surface area contributed by atoms with Gasteiger partial charge in [0.25, 0.3) is 0 Å². The van der Waals surface area contributed by atoms with Crippen molar-refractivity contribution < 1.29 is 13.6 Å². The number of carbonyl (C=O) groups is 1. The summed E-state index contributed by atoms with van der Waals surface area (Å²) in [6.07, 6.45) is 0.283. The van der Waals surface area contributed by atoms with Crippen molar-refractivity contribution in [3.05, 3.63) is 46.5 Å². The molecule has 1 amide bonds. The first-order valence-corrected chi connectivity index (χ1v) is 5.82. The first kappa shape index (κ1) is 13.8. The molecule has 1 aromatic rings. The predicted octanol–water partition coefficient (Wildman–Crippen LogP) is 2.92.